The first kappa shape index (κ1) is 14.2. The maximum atomic E-state index is 13.7. The Morgan fingerprint density at radius 3 is 2.55 bits per heavy atom. The molecule has 0 fully saturated rings. The molecule has 2 rings (SSSR count). The van der Waals surface area contributed by atoms with E-state index in [4.69, 9.17) is 9.47 Å². The molecule has 0 saturated heterocycles. The van der Waals surface area contributed by atoms with Crippen LogP contribution in [0, 0.1) is 5.82 Å². The van der Waals surface area contributed by atoms with E-state index >= 15 is 0 Å². The lowest BCUT2D eigenvalue weighted by atomic mass is 9.98. The van der Waals surface area contributed by atoms with Crippen molar-refractivity contribution in [2.45, 2.75) is 6.61 Å². The second kappa shape index (κ2) is 6.30. The van der Waals surface area contributed by atoms with Crippen molar-refractivity contribution in [1.29, 1.82) is 0 Å². The lowest BCUT2D eigenvalue weighted by molar-refractivity contribution is 0.112. The molecule has 104 valence electrons. The van der Waals surface area contributed by atoms with Gasteiger partial charge in [0, 0.05) is 7.11 Å². The summed E-state index contributed by atoms with van der Waals surface area (Å²) in [6.45, 7) is 0.392. The number of rotatable bonds is 5. The van der Waals surface area contributed by atoms with E-state index in [1.807, 2.05) is 12.1 Å². The minimum atomic E-state index is -0.531. The monoisotopic (exact) mass is 274 g/mol. The van der Waals surface area contributed by atoms with Gasteiger partial charge in [-0.05, 0) is 41.0 Å². The van der Waals surface area contributed by atoms with Crippen molar-refractivity contribution < 1.29 is 18.7 Å². The highest BCUT2D eigenvalue weighted by Gasteiger charge is 2.09. The predicted octanol–water partition coefficient (Wildman–Crippen LogP) is 3.46. The highest BCUT2D eigenvalue weighted by Crippen LogP contribution is 2.29. The van der Waals surface area contributed by atoms with Gasteiger partial charge >= 0.3 is 0 Å². The first-order chi connectivity index (χ1) is 9.69. The van der Waals surface area contributed by atoms with Crippen LogP contribution in [0.15, 0.2) is 36.4 Å². The third-order valence-corrected chi connectivity index (χ3v) is 3.05. The van der Waals surface area contributed by atoms with Gasteiger partial charge in [0.2, 0.25) is 0 Å². The molecular weight excluding hydrogens is 259 g/mol. The van der Waals surface area contributed by atoms with Crippen molar-refractivity contribution in [3.63, 3.8) is 0 Å². The molecule has 0 atom stereocenters. The molecule has 2 aromatic rings. The number of aldehydes is 1. The Morgan fingerprint density at radius 1 is 1.15 bits per heavy atom. The normalized spacial score (nSPS) is 10.3. The predicted molar refractivity (Wildman–Crippen MR) is 74.5 cm³/mol. The average molecular weight is 274 g/mol. The number of ether oxygens (including phenoxy) is 2. The quantitative estimate of drug-likeness (QED) is 0.783. The van der Waals surface area contributed by atoms with Crippen LogP contribution >= 0.6 is 0 Å². The minimum Gasteiger partial charge on any atom is -0.497 e. The van der Waals surface area contributed by atoms with Gasteiger partial charge in [-0.15, -0.1) is 0 Å². The van der Waals surface area contributed by atoms with Gasteiger partial charge in [-0.1, -0.05) is 12.1 Å². The molecule has 0 aromatic heterocycles. The summed E-state index contributed by atoms with van der Waals surface area (Å²) in [5.41, 5.74) is 2.49. The van der Waals surface area contributed by atoms with Crippen LogP contribution in [0.5, 0.6) is 5.75 Å². The molecule has 0 bridgehead atoms. The molecule has 4 heteroatoms. The van der Waals surface area contributed by atoms with Gasteiger partial charge < -0.3 is 9.47 Å². The van der Waals surface area contributed by atoms with Crippen molar-refractivity contribution in [2.75, 3.05) is 14.2 Å². The largest absolute Gasteiger partial charge is 0.497 e. The van der Waals surface area contributed by atoms with E-state index in [0.29, 0.717) is 24.2 Å². The summed E-state index contributed by atoms with van der Waals surface area (Å²) >= 11 is 0. The Labute approximate surface area is 117 Å². The fourth-order valence-electron chi connectivity index (χ4n) is 2.04. The van der Waals surface area contributed by atoms with E-state index in [0.717, 1.165) is 11.1 Å². The molecule has 0 N–H and O–H groups in total. The van der Waals surface area contributed by atoms with Crippen LogP contribution in [0.2, 0.25) is 0 Å². The maximum absolute atomic E-state index is 13.7. The van der Waals surface area contributed by atoms with Gasteiger partial charge in [0.25, 0.3) is 0 Å². The molecule has 2 aromatic carbocycles. The molecule has 0 saturated carbocycles. The van der Waals surface area contributed by atoms with Crippen LogP contribution in [0.25, 0.3) is 11.1 Å². The van der Waals surface area contributed by atoms with Crippen LogP contribution in [0.4, 0.5) is 4.39 Å². The molecule has 0 radical (unpaired) electrons. The van der Waals surface area contributed by atoms with Gasteiger partial charge in [-0.25, -0.2) is 4.39 Å². The van der Waals surface area contributed by atoms with E-state index in [1.165, 1.54) is 12.1 Å². The van der Waals surface area contributed by atoms with E-state index in [-0.39, 0.29) is 5.56 Å². The smallest absolute Gasteiger partial charge is 0.152 e. The first-order valence-electron chi connectivity index (χ1n) is 6.10. The van der Waals surface area contributed by atoms with E-state index in [9.17, 15) is 9.18 Å². The van der Waals surface area contributed by atoms with Gasteiger partial charge in [0.15, 0.2) is 6.29 Å². The van der Waals surface area contributed by atoms with Crippen molar-refractivity contribution >= 4 is 6.29 Å². The topological polar surface area (TPSA) is 35.5 Å². The fourth-order valence-corrected chi connectivity index (χ4v) is 2.04. The van der Waals surface area contributed by atoms with Crippen molar-refractivity contribution in [2.24, 2.45) is 0 Å². The molecule has 0 aliphatic carbocycles. The number of hydrogen-bond donors (Lipinski definition) is 0. The number of carbonyl (C=O) groups excluding carboxylic acids is 1. The van der Waals surface area contributed by atoms with Crippen molar-refractivity contribution in [3.8, 4) is 16.9 Å². The molecule has 20 heavy (non-hydrogen) atoms. The number of halogens is 1. The van der Waals surface area contributed by atoms with Gasteiger partial charge in [-0.3, -0.25) is 4.79 Å². The van der Waals surface area contributed by atoms with Gasteiger partial charge in [0.05, 0.1) is 19.3 Å². The third kappa shape index (κ3) is 2.86. The zero-order valence-electron chi connectivity index (χ0n) is 11.4. The summed E-state index contributed by atoms with van der Waals surface area (Å²) in [7, 11) is 3.18. The Kier molecular flexibility index (Phi) is 4.48. The molecule has 0 heterocycles. The molecule has 0 amide bonds. The molecule has 3 nitrogen and oxygen atoms in total. The minimum absolute atomic E-state index is 0.0514. The molecule has 0 spiro atoms. The van der Waals surface area contributed by atoms with Crippen molar-refractivity contribution in [1.82, 2.24) is 0 Å². The van der Waals surface area contributed by atoms with Crippen LogP contribution in [-0.4, -0.2) is 20.5 Å². The van der Waals surface area contributed by atoms with Gasteiger partial charge in [0.1, 0.15) is 11.6 Å². The molecular formula is C16H15FO3. The Morgan fingerprint density at radius 2 is 1.95 bits per heavy atom. The number of methoxy groups -OCH3 is 2. The summed E-state index contributed by atoms with van der Waals surface area (Å²) < 4.78 is 24.0. The Balaban J connectivity index is 2.50. The average Bonchev–Trinajstić information content (AvgIpc) is 2.47. The second-order valence-corrected chi connectivity index (χ2v) is 4.31. The number of benzene rings is 2. The lowest BCUT2D eigenvalue weighted by Gasteiger charge is -2.11. The number of hydrogen-bond acceptors (Lipinski definition) is 3. The SMILES string of the molecule is COCc1cc(OC)ccc1-c1ccc(C=O)c(F)c1. The van der Waals surface area contributed by atoms with Gasteiger partial charge in [-0.2, -0.15) is 0 Å². The van der Waals surface area contributed by atoms with Crippen LogP contribution in [0.3, 0.4) is 0 Å². The molecule has 0 aliphatic heterocycles. The summed E-state index contributed by atoms with van der Waals surface area (Å²) in [4.78, 5) is 10.7. The fraction of sp³-hybridized carbons (Fsp3) is 0.188. The lowest BCUT2D eigenvalue weighted by Crippen LogP contribution is -1.95. The van der Waals surface area contributed by atoms with E-state index in [1.54, 1.807) is 26.4 Å². The van der Waals surface area contributed by atoms with Crippen LogP contribution in [0.1, 0.15) is 15.9 Å². The van der Waals surface area contributed by atoms with Crippen molar-refractivity contribution in [3.05, 3.63) is 53.3 Å². The van der Waals surface area contributed by atoms with Crippen LogP contribution in [-0.2, 0) is 11.3 Å². The standard InChI is InChI=1S/C16H15FO3/c1-19-10-13-7-14(20-2)5-6-15(13)11-3-4-12(9-18)16(17)8-11/h3-9H,10H2,1-2H3. The second-order valence-electron chi connectivity index (χ2n) is 4.31. The third-order valence-electron chi connectivity index (χ3n) is 3.05. The highest BCUT2D eigenvalue weighted by atomic mass is 19.1. The summed E-state index contributed by atoms with van der Waals surface area (Å²) in [6, 6.07) is 10.0. The first-order valence-corrected chi connectivity index (χ1v) is 6.10. The molecule has 0 aliphatic rings. The zero-order valence-corrected chi connectivity index (χ0v) is 11.4. The van der Waals surface area contributed by atoms with E-state index < -0.39 is 5.82 Å². The number of carbonyl (C=O) groups is 1. The highest BCUT2D eigenvalue weighted by molar-refractivity contribution is 5.78. The zero-order chi connectivity index (χ0) is 14.5. The maximum Gasteiger partial charge on any atom is 0.152 e. The Hall–Kier alpha value is -2.20. The summed E-state index contributed by atoms with van der Waals surface area (Å²) in [5.74, 6) is 0.183. The van der Waals surface area contributed by atoms with Crippen LogP contribution < -0.4 is 4.74 Å². The Bertz CT molecular complexity index is 623. The molecule has 0 unspecified atom stereocenters. The summed E-state index contributed by atoms with van der Waals surface area (Å²) in [6.07, 6.45) is 0.503. The van der Waals surface area contributed by atoms with E-state index in [2.05, 4.69) is 0 Å². The summed E-state index contributed by atoms with van der Waals surface area (Å²) in [5, 5.41) is 0.